The van der Waals surface area contributed by atoms with Crippen molar-refractivity contribution in [3.8, 4) is 0 Å². The molecule has 17 heavy (non-hydrogen) atoms. The lowest BCUT2D eigenvalue weighted by molar-refractivity contribution is 0.145. The van der Waals surface area contributed by atoms with Gasteiger partial charge in [-0.3, -0.25) is 0 Å². The minimum absolute atomic E-state index is 0.247. The predicted molar refractivity (Wildman–Crippen MR) is 72.1 cm³/mol. The zero-order valence-electron chi connectivity index (χ0n) is 11.5. The molecule has 0 saturated heterocycles. The van der Waals surface area contributed by atoms with E-state index in [-0.39, 0.29) is 10.5 Å². The summed E-state index contributed by atoms with van der Waals surface area (Å²) >= 11 is 0. The first-order valence-electron chi connectivity index (χ1n) is 6.47. The summed E-state index contributed by atoms with van der Waals surface area (Å²) in [7, 11) is -2.98. The number of ether oxygens (including phenoxy) is 1. The Morgan fingerprint density at radius 3 is 2.35 bits per heavy atom. The molecular weight excluding hydrogens is 238 g/mol. The zero-order chi connectivity index (χ0) is 13.3. The topological polar surface area (TPSA) is 55.4 Å². The maximum absolute atomic E-state index is 12.0. The molecule has 0 aliphatic carbocycles. The lowest BCUT2D eigenvalue weighted by Gasteiger charge is -2.18. The first-order chi connectivity index (χ1) is 7.96. The Hall–Kier alpha value is -0.130. The average molecular weight is 265 g/mol. The monoisotopic (exact) mass is 265 g/mol. The van der Waals surface area contributed by atoms with E-state index in [1.54, 1.807) is 13.8 Å². The van der Waals surface area contributed by atoms with Gasteiger partial charge in [-0.25, -0.2) is 8.42 Å². The Morgan fingerprint density at radius 2 is 1.82 bits per heavy atom. The maximum atomic E-state index is 12.0. The molecule has 0 heterocycles. The molecule has 1 N–H and O–H groups in total. The van der Waals surface area contributed by atoms with Crippen LogP contribution in [0.5, 0.6) is 0 Å². The van der Waals surface area contributed by atoms with Gasteiger partial charge in [0, 0.05) is 19.8 Å². The lowest BCUT2D eigenvalue weighted by atomic mass is 10.4. The van der Waals surface area contributed by atoms with Crippen LogP contribution in [0.3, 0.4) is 0 Å². The summed E-state index contributed by atoms with van der Waals surface area (Å²) in [5.74, 6) is 0. The molecule has 2 atom stereocenters. The summed E-state index contributed by atoms with van der Waals surface area (Å²) in [6.07, 6.45) is 1.60. The van der Waals surface area contributed by atoms with Gasteiger partial charge < -0.3 is 10.1 Å². The quantitative estimate of drug-likeness (QED) is 0.610. The molecule has 0 aromatic carbocycles. The smallest absolute Gasteiger partial charge is 0.156 e. The lowest BCUT2D eigenvalue weighted by Crippen LogP contribution is -2.36. The van der Waals surface area contributed by atoms with Gasteiger partial charge in [-0.1, -0.05) is 6.92 Å². The molecule has 104 valence electrons. The van der Waals surface area contributed by atoms with Crippen molar-refractivity contribution in [3.63, 3.8) is 0 Å². The van der Waals surface area contributed by atoms with E-state index < -0.39 is 9.84 Å². The highest BCUT2D eigenvalue weighted by atomic mass is 32.2. The van der Waals surface area contributed by atoms with Crippen molar-refractivity contribution in [1.29, 1.82) is 0 Å². The molecule has 0 bridgehead atoms. The first-order valence-corrected chi connectivity index (χ1v) is 8.08. The van der Waals surface area contributed by atoms with Crippen LogP contribution >= 0.6 is 0 Å². The second-order valence-electron chi connectivity index (χ2n) is 4.37. The van der Waals surface area contributed by atoms with E-state index in [4.69, 9.17) is 4.74 Å². The Kier molecular flexibility index (Phi) is 8.82. The summed E-state index contributed by atoms with van der Waals surface area (Å²) in [5.41, 5.74) is 0. The van der Waals surface area contributed by atoms with E-state index in [1.165, 1.54) is 0 Å². The van der Waals surface area contributed by atoms with Crippen molar-refractivity contribution in [3.05, 3.63) is 0 Å². The van der Waals surface area contributed by atoms with E-state index in [0.717, 1.165) is 26.2 Å². The van der Waals surface area contributed by atoms with Crippen LogP contribution in [0.4, 0.5) is 0 Å². The Labute approximate surface area is 106 Å². The van der Waals surface area contributed by atoms with Crippen LogP contribution in [-0.2, 0) is 14.6 Å². The highest BCUT2D eigenvalue weighted by molar-refractivity contribution is 7.92. The summed E-state index contributed by atoms with van der Waals surface area (Å²) < 4.78 is 29.1. The summed E-state index contributed by atoms with van der Waals surface area (Å²) in [6, 6.07) is 0. The summed E-state index contributed by atoms with van der Waals surface area (Å²) in [5, 5.41) is 2.61. The van der Waals surface area contributed by atoms with Crippen LogP contribution in [-0.4, -0.2) is 45.2 Å². The van der Waals surface area contributed by atoms with Gasteiger partial charge in [0.25, 0.3) is 0 Å². The zero-order valence-corrected chi connectivity index (χ0v) is 12.3. The SMILES string of the molecule is CCOCCCNCC(C)S(=O)(=O)C(C)CC. The van der Waals surface area contributed by atoms with E-state index in [0.29, 0.717) is 13.0 Å². The Balaban J connectivity index is 3.82. The average Bonchev–Trinajstić information content (AvgIpc) is 2.31. The molecule has 0 aliphatic rings. The molecule has 0 aliphatic heterocycles. The van der Waals surface area contributed by atoms with Crippen molar-refractivity contribution in [1.82, 2.24) is 5.32 Å². The second-order valence-corrected chi connectivity index (χ2v) is 7.16. The van der Waals surface area contributed by atoms with Gasteiger partial charge in [-0.2, -0.15) is 0 Å². The van der Waals surface area contributed by atoms with Crippen LogP contribution in [0, 0.1) is 0 Å². The van der Waals surface area contributed by atoms with E-state index >= 15 is 0 Å². The molecule has 0 fully saturated rings. The van der Waals surface area contributed by atoms with Crippen molar-refractivity contribution in [2.75, 3.05) is 26.3 Å². The van der Waals surface area contributed by atoms with Gasteiger partial charge in [0.2, 0.25) is 0 Å². The van der Waals surface area contributed by atoms with Crippen molar-refractivity contribution >= 4 is 9.84 Å². The molecule has 0 aromatic rings. The van der Waals surface area contributed by atoms with Gasteiger partial charge in [0.15, 0.2) is 9.84 Å². The molecule has 0 spiro atoms. The normalized spacial score (nSPS) is 15.8. The first kappa shape index (κ1) is 16.9. The fourth-order valence-corrected chi connectivity index (χ4v) is 3.10. The van der Waals surface area contributed by atoms with Crippen LogP contribution in [0.1, 0.15) is 40.5 Å². The third-order valence-electron chi connectivity index (χ3n) is 2.97. The maximum Gasteiger partial charge on any atom is 0.156 e. The summed E-state index contributed by atoms with van der Waals surface area (Å²) in [4.78, 5) is 0. The van der Waals surface area contributed by atoms with Crippen molar-refractivity contribution in [2.24, 2.45) is 0 Å². The van der Waals surface area contributed by atoms with Crippen molar-refractivity contribution in [2.45, 2.75) is 51.0 Å². The number of hydrogen-bond donors (Lipinski definition) is 1. The minimum atomic E-state index is -2.98. The molecule has 0 saturated carbocycles. The number of sulfone groups is 1. The largest absolute Gasteiger partial charge is 0.382 e. The third-order valence-corrected chi connectivity index (χ3v) is 5.72. The fourth-order valence-electron chi connectivity index (χ4n) is 1.49. The van der Waals surface area contributed by atoms with Gasteiger partial charge in [-0.05, 0) is 40.2 Å². The summed E-state index contributed by atoms with van der Waals surface area (Å²) in [6.45, 7) is 10.2. The van der Waals surface area contributed by atoms with Crippen LogP contribution < -0.4 is 5.32 Å². The van der Waals surface area contributed by atoms with Crippen LogP contribution in [0.15, 0.2) is 0 Å². The highest BCUT2D eigenvalue weighted by Gasteiger charge is 2.25. The molecule has 0 radical (unpaired) electrons. The molecule has 0 amide bonds. The van der Waals surface area contributed by atoms with Crippen LogP contribution in [0.25, 0.3) is 0 Å². The molecule has 4 nitrogen and oxygen atoms in total. The second kappa shape index (κ2) is 8.89. The number of rotatable bonds is 10. The molecule has 0 aromatic heterocycles. The van der Waals surface area contributed by atoms with E-state index in [9.17, 15) is 8.42 Å². The van der Waals surface area contributed by atoms with E-state index in [2.05, 4.69) is 5.32 Å². The van der Waals surface area contributed by atoms with Gasteiger partial charge in [-0.15, -0.1) is 0 Å². The number of hydrogen-bond acceptors (Lipinski definition) is 4. The molecule has 5 heteroatoms. The Morgan fingerprint density at radius 1 is 1.18 bits per heavy atom. The standard InChI is InChI=1S/C12H27NO3S/c1-5-11(3)17(14,15)12(4)10-13-8-7-9-16-6-2/h11-13H,5-10H2,1-4H3. The molecule has 0 rings (SSSR count). The van der Waals surface area contributed by atoms with Gasteiger partial charge >= 0.3 is 0 Å². The fraction of sp³-hybridized carbons (Fsp3) is 1.00. The molecular formula is C12H27NO3S. The van der Waals surface area contributed by atoms with Crippen LogP contribution in [0.2, 0.25) is 0 Å². The number of nitrogens with one attached hydrogen (secondary N) is 1. The predicted octanol–water partition coefficient (Wildman–Crippen LogP) is 1.60. The minimum Gasteiger partial charge on any atom is -0.382 e. The van der Waals surface area contributed by atoms with E-state index in [1.807, 2.05) is 13.8 Å². The third kappa shape index (κ3) is 6.38. The Bertz CT molecular complexity index is 277. The highest BCUT2D eigenvalue weighted by Crippen LogP contribution is 2.11. The van der Waals surface area contributed by atoms with Gasteiger partial charge in [0.1, 0.15) is 0 Å². The van der Waals surface area contributed by atoms with Crippen molar-refractivity contribution < 1.29 is 13.2 Å². The van der Waals surface area contributed by atoms with Gasteiger partial charge in [0.05, 0.1) is 10.5 Å². The molecule has 2 unspecified atom stereocenters.